The molecule has 150 valence electrons. The molecule has 1 aromatic heterocycles. The van der Waals surface area contributed by atoms with Gasteiger partial charge in [-0.2, -0.15) is 0 Å². The zero-order chi connectivity index (χ0) is 19.9. The second-order valence-electron chi connectivity index (χ2n) is 7.78. The Morgan fingerprint density at radius 3 is 2.89 bits per heavy atom. The lowest BCUT2D eigenvalue weighted by Gasteiger charge is -2.32. The van der Waals surface area contributed by atoms with E-state index < -0.39 is 0 Å². The van der Waals surface area contributed by atoms with Crippen molar-refractivity contribution in [3.05, 3.63) is 53.3 Å². The number of nitrogens with zero attached hydrogens (tertiary/aromatic N) is 2. The van der Waals surface area contributed by atoms with Gasteiger partial charge < -0.3 is 10.1 Å². The molecule has 0 unspecified atom stereocenters. The van der Waals surface area contributed by atoms with Crippen LogP contribution in [0.4, 0.5) is 5.69 Å². The number of benzene rings is 1. The summed E-state index contributed by atoms with van der Waals surface area (Å²) in [5.74, 6) is 1.47. The minimum absolute atomic E-state index is 0.0886. The molecule has 1 amide bonds. The number of methoxy groups -OCH3 is 1. The lowest BCUT2D eigenvalue weighted by Crippen LogP contribution is -2.35. The molecule has 0 aliphatic carbocycles. The average Bonchev–Trinajstić information content (AvgIpc) is 2.68. The number of hydrogen-bond donors (Lipinski definition) is 1. The van der Waals surface area contributed by atoms with E-state index in [-0.39, 0.29) is 5.91 Å². The predicted octanol–water partition coefficient (Wildman–Crippen LogP) is 4.34. The molecular weight excluding hydrogens is 350 g/mol. The number of carbonyl (C=O) groups is 1. The molecule has 0 spiro atoms. The van der Waals surface area contributed by atoms with E-state index in [1.807, 2.05) is 38.1 Å². The molecule has 0 radical (unpaired) electrons. The van der Waals surface area contributed by atoms with Crippen molar-refractivity contribution in [1.82, 2.24) is 9.88 Å². The van der Waals surface area contributed by atoms with Gasteiger partial charge in [0.2, 0.25) is 5.91 Å². The molecule has 1 saturated heterocycles. The van der Waals surface area contributed by atoms with Crippen molar-refractivity contribution in [1.29, 1.82) is 0 Å². The van der Waals surface area contributed by atoms with Crippen molar-refractivity contribution < 1.29 is 9.53 Å². The predicted molar refractivity (Wildman–Crippen MR) is 113 cm³/mol. The third-order valence-corrected chi connectivity index (χ3v) is 5.42. The summed E-state index contributed by atoms with van der Waals surface area (Å²) in [4.78, 5) is 19.5. The smallest absolute Gasteiger partial charge is 0.224 e. The molecule has 28 heavy (non-hydrogen) atoms. The number of hydrogen-bond acceptors (Lipinski definition) is 4. The minimum atomic E-state index is 0.0886. The molecule has 1 atom stereocenters. The van der Waals surface area contributed by atoms with Crippen LogP contribution in [0.3, 0.4) is 0 Å². The number of anilines is 1. The van der Waals surface area contributed by atoms with Crippen molar-refractivity contribution in [3.8, 4) is 5.75 Å². The Morgan fingerprint density at radius 2 is 2.14 bits per heavy atom. The van der Waals surface area contributed by atoms with Gasteiger partial charge >= 0.3 is 0 Å². The summed E-state index contributed by atoms with van der Waals surface area (Å²) in [5.41, 5.74) is 4.08. The molecule has 5 heteroatoms. The first kappa shape index (κ1) is 20.3. The highest BCUT2D eigenvalue weighted by atomic mass is 16.5. The quantitative estimate of drug-likeness (QED) is 0.775. The Labute approximate surface area is 168 Å². The summed E-state index contributed by atoms with van der Waals surface area (Å²) in [6.45, 7) is 7.07. The van der Waals surface area contributed by atoms with E-state index in [9.17, 15) is 4.79 Å². The third-order valence-electron chi connectivity index (χ3n) is 5.42. The number of rotatable bonds is 7. The molecule has 1 aromatic carbocycles. The molecule has 2 aromatic rings. The molecule has 0 saturated carbocycles. The fourth-order valence-electron chi connectivity index (χ4n) is 3.90. The van der Waals surface area contributed by atoms with Crippen molar-refractivity contribution >= 4 is 11.6 Å². The molecule has 2 heterocycles. The van der Waals surface area contributed by atoms with Gasteiger partial charge in [0, 0.05) is 30.9 Å². The first-order valence-electron chi connectivity index (χ1n) is 10.1. The van der Waals surface area contributed by atoms with Crippen molar-refractivity contribution in [3.63, 3.8) is 0 Å². The summed E-state index contributed by atoms with van der Waals surface area (Å²) in [6.07, 6.45) is 3.88. The second kappa shape index (κ2) is 9.69. The van der Waals surface area contributed by atoms with Crippen LogP contribution < -0.4 is 10.1 Å². The first-order chi connectivity index (χ1) is 13.5. The molecule has 5 nitrogen and oxygen atoms in total. The Balaban J connectivity index is 1.46. The maximum absolute atomic E-state index is 12.4. The van der Waals surface area contributed by atoms with Gasteiger partial charge in [-0.05, 0) is 81.5 Å². The lowest BCUT2D eigenvalue weighted by molar-refractivity contribution is -0.116. The van der Waals surface area contributed by atoms with Crippen LogP contribution in [-0.2, 0) is 11.3 Å². The average molecular weight is 382 g/mol. The number of amides is 1. The fourth-order valence-corrected chi connectivity index (χ4v) is 3.90. The molecular formula is C23H31N3O2. The summed E-state index contributed by atoms with van der Waals surface area (Å²) < 4.78 is 5.22. The van der Waals surface area contributed by atoms with Crippen LogP contribution in [0.25, 0.3) is 0 Å². The largest absolute Gasteiger partial charge is 0.497 e. The summed E-state index contributed by atoms with van der Waals surface area (Å²) in [7, 11) is 1.65. The molecule has 1 aliphatic rings. The van der Waals surface area contributed by atoms with E-state index in [1.165, 1.54) is 12.8 Å². The highest BCUT2D eigenvalue weighted by Crippen LogP contribution is 2.24. The number of ether oxygens (including phenoxy) is 1. The van der Waals surface area contributed by atoms with Crippen molar-refractivity contribution in [2.24, 2.45) is 5.92 Å². The van der Waals surface area contributed by atoms with Gasteiger partial charge in [0.15, 0.2) is 0 Å². The van der Waals surface area contributed by atoms with Gasteiger partial charge in [0.1, 0.15) is 5.75 Å². The van der Waals surface area contributed by atoms with Gasteiger partial charge in [0.05, 0.1) is 12.8 Å². The van der Waals surface area contributed by atoms with Crippen LogP contribution >= 0.6 is 0 Å². The van der Waals surface area contributed by atoms with Crippen molar-refractivity contribution in [2.45, 2.75) is 46.1 Å². The van der Waals surface area contributed by atoms with E-state index in [0.717, 1.165) is 54.4 Å². The zero-order valence-corrected chi connectivity index (χ0v) is 17.2. The molecule has 1 fully saturated rings. The van der Waals surface area contributed by atoms with Gasteiger partial charge in [-0.1, -0.05) is 6.07 Å². The van der Waals surface area contributed by atoms with E-state index in [0.29, 0.717) is 12.3 Å². The number of aryl methyl sites for hydroxylation is 2. The standard InChI is InChI=1S/C23H31N3O2/c1-17-14-21(28-3)10-11-22(17)25-23(27)12-9-19-7-5-13-26(15-19)16-20-8-4-6-18(2)24-20/h4,6,8,10-11,14,19H,5,7,9,12-13,15-16H2,1-3H3,(H,25,27)/t19-/m1/s1. The number of piperidine rings is 1. The van der Waals surface area contributed by atoms with Crippen LogP contribution in [0.5, 0.6) is 5.75 Å². The Morgan fingerprint density at radius 1 is 1.29 bits per heavy atom. The Kier molecular flexibility index (Phi) is 7.04. The van der Waals surface area contributed by atoms with Crippen LogP contribution in [0, 0.1) is 19.8 Å². The van der Waals surface area contributed by atoms with E-state index >= 15 is 0 Å². The normalized spacial score (nSPS) is 17.3. The highest BCUT2D eigenvalue weighted by Gasteiger charge is 2.21. The highest BCUT2D eigenvalue weighted by molar-refractivity contribution is 5.91. The number of likely N-dealkylation sites (tertiary alicyclic amines) is 1. The Bertz CT molecular complexity index is 806. The van der Waals surface area contributed by atoms with Crippen LogP contribution in [0.1, 0.15) is 42.6 Å². The molecule has 0 bridgehead atoms. The lowest BCUT2D eigenvalue weighted by atomic mass is 9.93. The maximum atomic E-state index is 12.4. The minimum Gasteiger partial charge on any atom is -0.497 e. The molecule has 1 aliphatic heterocycles. The van der Waals surface area contributed by atoms with E-state index in [4.69, 9.17) is 4.74 Å². The molecule has 3 rings (SSSR count). The van der Waals surface area contributed by atoms with Crippen LogP contribution in [0.15, 0.2) is 36.4 Å². The van der Waals surface area contributed by atoms with E-state index in [1.54, 1.807) is 7.11 Å². The first-order valence-corrected chi connectivity index (χ1v) is 10.1. The zero-order valence-electron chi connectivity index (χ0n) is 17.2. The van der Waals surface area contributed by atoms with Crippen LogP contribution in [0.2, 0.25) is 0 Å². The number of carbonyl (C=O) groups excluding carboxylic acids is 1. The maximum Gasteiger partial charge on any atom is 0.224 e. The van der Waals surface area contributed by atoms with Gasteiger partial charge in [-0.3, -0.25) is 14.7 Å². The molecule has 1 N–H and O–H groups in total. The van der Waals surface area contributed by atoms with Crippen LogP contribution in [-0.4, -0.2) is 36.0 Å². The second-order valence-corrected chi connectivity index (χ2v) is 7.78. The summed E-state index contributed by atoms with van der Waals surface area (Å²) in [5, 5.41) is 3.04. The SMILES string of the molecule is COc1ccc(NC(=O)CC[C@H]2CCCN(Cc3cccc(C)n3)C2)c(C)c1. The van der Waals surface area contributed by atoms with Gasteiger partial charge in [-0.25, -0.2) is 0 Å². The van der Waals surface area contributed by atoms with Gasteiger partial charge in [-0.15, -0.1) is 0 Å². The van der Waals surface area contributed by atoms with E-state index in [2.05, 4.69) is 27.3 Å². The Hall–Kier alpha value is -2.40. The fraction of sp³-hybridized carbons (Fsp3) is 0.478. The number of aromatic nitrogens is 1. The van der Waals surface area contributed by atoms with Gasteiger partial charge in [0.25, 0.3) is 0 Å². The topological polar surface area (TPSA) is 54.5 Å². The monoisotopic (exact) mass is 381 g/mol. The van der Waals surface area contributed by atoms with Crippen molar-refractivity contribution in [2.75, 3.05) is 25.5 Å². The number of nitrogens with one attached hydrogen (secondary N) is 1. The summed E-state index contributed by atoms with van der Waals surface area (Å²) in [6, 6.07) is 11.9. The number of pyridine rings is 1. The third kappa shape index (κ3) is 5.80. The summed E-state index contributed by atoms with van der Waals surface area (Å²) >= 11 is 0.